The van der Waals surface area contributed by atoms with Gasteiger partial charge in [0.1, 0.15) is 0 Å². The maximum Gasteiger partial charge on any atom is 0.0848 e. The summed E-state index contributed by atoms with van der Waals surface area (Å²) in [5, 5.41) is 0. The van der Waals surface area contributed by atoms with E-state index in [1.165, 1.54) is 25.7 Å². The molecular weight excluding hydrogens is 179 g/mol. The first-order valence-electron chi connectivity index (χ1n) is 5.46. The van der Waals surface area contributed by atoms with Gasteiger partial charge in [-0.3, -0.25) is 0 Å². The van der Waals surface area contributed by atoms with E-state index in [4.69, 9.17) is 0 Å². The monoisotopic (exact) mass is 202 g/mol. The van der Waals surface area contributed by atoms with Crippen molar-refractivity contribution in [2.24, 2.45) is 11.8 Å². The molecule has 1 aliphatic rings. The summed E-state index contributed by atoms with van der Waals surface area (Å²) in [5.74, 6) is 1.71. The number of hydrogen-bond donors (Lipinski definition) is 0. The summed E-state index contributed by atoms with van der Waals surface area (Å²) in [6.07, 6.45) is 5.00. The fourth-order valence-electron chi connectivity index (χ4n) is 2.39. The molecule has 0 aromatic carbocycles. The summed E-state index contributed by atoms with van der Waals surface area (Å²) in [6.45, 7) is 8.52. The molecule has 0 heterocycles. The van der Waals surface area contributed by atoms with Crippen molar-refractivity contribution < 1.29 is 4.57 Å². The first-order valence-corrected chi connectivity index (χ1v) is 8.13. The van der Waals surface area contributed by atoms with Crippen molar-refractivity contribution >= 4 is 7.14 Å². The van der Waals surface area contributed by atoms with Gasteiger partial charge < -0.3 is 4.57 Å². The molecule has 1 aliphatic carbocycles. The average Bonchev–Trinajstić information content (AvgIpc) is 2.03. The van der Waals surface area contributed by atoms with Gasteiger partial charge in [0, 0.05) is 5.66 Å². The van der Waals surface area contributed by atoms with Gasteiger partial charge in [-0.15, -0.1) is 0 Å². The highest BCUT2D eigenvalue weighted by molar-refractivity contribution is 7.63. The van der Waals surface area contributed by atoms with Gasteiger partial charge in [-0.1, -0.05) is 13.8 Å². The Morgan fingerprint density at radius 1 is 1.08 bits per heavy atom. The molecule has 0 bridgehead atoms. The molecule has 2 heteroatoms. The lowest BCUT2D eigenvalue weighted by Gasteiger charge is -2.32. The van der Waals surface area contributed by atoms with Gasteiger partial charge in [0.25, 0.3) is 0 Å². The molecule has 0 N–H and O–H groups in total. The van der Waals surface area contributed by atoms with Crippen molar-refractivity contribution in [3.8, 4) is 0 Å². The summed E-state index contributed by atoms with van der Waals surface area (Å²) in [7, 11) is -1.80. The van der Waals surface area contributed by atoms with E-state index in [0.717, 1.165) is 11.8 Å². The summed E-state index contributed by atoms with van der Waals surface area (Å²) in [5.41, 5.74) is 0.530. The van der Waals surface area contributed by atoms with Crippen molar-refractivity contribution in [2.45, 2.75) is 45.2 Å². The van der Waals surface area contributed by atoms with Crippen LogP contribution in [0.5, 0.6) is 0 Å². The molecule has 0 aliphatic heterocycles. The highest BCUT2D eigenvalue weighted by atomic mass is 31.2. The van der Waals surface area contributed by atoms with Gasteiger partial charge >= 0.3 is 0 Å². The van der Waals surface area contributed by atoms with Crippen LogP contribution in [0.25, 0.3) is 0 Å². The van der Waals surface area contributed by atoms with Crippen LogP contribution in [0.15, 0.2) is 0 Å². The van der Waals surface area contributed by atoms with Crippen LogP contribution in [-0.2, 0) is 4.57 Å². The maximum absolute atomic E-state index is 11.8. The van der Waals surface area contributed by atoms with Gasteiger partial charge in [-0.2, -0.15) is 0 Å². The van der Waals surface area contributed by atoms with Gasteiger partial charge in [0.2, 0.25) is 0 Å². The Bertz CT molecular complexity index is 196. The summed E-state index contributed by atoms with van der Waals surface area (Å²) in [6, 6.07) is 0. The topological polar surface area (TPSA) is 17.1 Å². The summed E-state index contributed by atoms with van der Waals surface area (Å²) >= 11 is 0. The van der Waals surface area contributed by atoms with E-state index in [2.05, 4.69) is 13.8 Å². The molecular formula is C11H23OP. The molecule has 1 rings (SSSR count). The third-order valence-electron chi connectivity index (χ3n) is 3.56. The highest BCUT2D eigenvalue weighted by Gasteiger charge is 2.29. The van der Waals surface area contributed by atoms with Gasteiger partial charge in [-0.05, 0) is 50.8 Å². The standard InChI is InChI=1S/C11H23OP/c1-9(2)10-5-7-11(8-6-10)13(3,4)12/h9-11H,5-8H2,1-4H3. The van der Waals surface area contributed by atoms with Crippen LogP contribution in [0.2, 0.25) is 0 Å². The van der Waals surface area contributed by atoms with Gasteiger partial charge in [-0.25, -0.2) is 0 Å². The number of rotatable bonds is 2. The van der Waals surface area contributed by atoms with Gasteiger partial charge in [0.05, 0.1) is 7.14 Å². The quantitative estimate of drug-likeness (QED) is 0.622. The van der Waals surface area contributed by atoms with Crippen LogP contribution in [0.3, 0.4) is 0 Å². The Labute approximate surface area is 82.7 Å². The zero-order valence-corrected chi connectivity index (χ0v) is 10.3. The van der Waals surface area contributed by atoms with Gasteiger partial charge in [0.15, 0.2) is 0 Å². The molecule has 0 amide bonds. The van der Waals surface area contributed by atoms with E-state index < -0.39 is 7.14 Å². The fraction of sp³-hybridized carbons (Fsp3) is 1.00. The Kier molecular flexibility index (Phi) is 3.63. The van der Waals surface area contributed by atoms with Crippen LogP contribution in [0.4, 0.5) is 0 Å². The molecule has 0 spiro atoms. The third kappa shape index (κ3) is 3.13. The number of hydrogen-bond acceptors (Lipinski definition) is 1. The smallest absolute Gasteiger partial charge is 0.0848 e. The predicted molar refractivity (Wildman–Crippen MR) is 60.0 cm³/mol. The van der Waals surface area contributed by atoms with E-state index >= 15 is 0 Å². The van der Waals surface area contributed by atoms with Crippen molar-refractivity contribution in [1.82, 2.24) is 0 Å². The molecule has 0 atom stereocenters. The second kappa shape index (κ2) is 4.17. The lowest BCUT2D eigenvalue weighted by atomic mass is 9.81. The normalized spacial score (nSPS) is 30.8. The van der Waals surface area contributed by atoms with Crippen molar-refractivity contribution in [3.63, 3.8) is 0 Å². The lowest BCUT2D eigenvalue weighted by Crippen LogP contribution is -2.21. The van der Waals surface area contributed by atoms with Crippen molar-refractivity contribution in [3.05, 3.63) is 0 Å². The first-order chi connectivity index (χ1) is 5.91. The Hall–Kier alpha value is 0.230. The van der Waals surface area contributed by atoms with E-state index in [1.54, 1.807) is 0 Å². The molecule has 78 valence electrons. The van der Waals surface area contributed by atoms with Crippen LogP contribution in [0, 0.1) is 11.8 Å². The summed E-state index contributed by atoms with van der Waals surface area (Å²) < 4.78 is 11.8. The van der Waals surface area contributed by atoms with Crippen LogP contribution >= 0.6 is 7.14 Å². The zero-order valence-electron chi connectivity index (χ0n) is 9.42. The summed E-state index contributed by atoms with van der Waals surface area (Å²) in [4.78, 5) is 0. The molecule has 13 heavy (non-hydrogen) atoms. The van der Waals surface area contributed by atoms with Crippen LogP contribution < -0.4 is 0 Å². The Morgan fingerprint density at radius 3 is 1.85 bits per heavy atom. The minimum Gasteiger partial charge on any atom is -0.324 e. The largest absolute Gasteiger partial charge is 0.324 e. The molecule has 1 nitrogen and oxygen atoms in total. The fourth-order valence-corrected chi connectivity index (χ4v) is 3.93. The third-order valence-corrected chi connectivity index (χ3v) is 5.84. The van der Waals surface area contributed by atoms with Crippen LogP contribution in [0.1, 0.15) is 39.5 Å². The zero-order chi connectivity index (χ0) is 10.1. The lowest BCUT2D eigenvalue weighted by molar-refractivity contribution is 0.280. The maximum atomic E-state index is 11.8. The van der Waals surface area contributed by atoms with E-state index in [0.29, 0.717) is 5.66 Å². The average molecular weight is 202 g/mol. The van der Waals surface area contributed by atoms with E-state index in [1.807, 2.05) is 13.3 Å². The van der Waals surface area contributed by atoms with Crippen molar-refractivity contribution in [1.29, 1.82) is 0 Å². The minimum absolute atomic E-state index is 0.530. The molecule has 1 fully saturated rings. The van der Waals surface area contributed by atoms with E-state index in [9.17, 15) is 4.57 Å². The highest BCUT2D eigenvalue weighted by Crippen LogP contribution is 2.50. The van der Waals surface area contributed by atoms with E-state index in [-0.39, 0.29) is 0 Å². The van der Waals surface area contributed by atoms with Crippen LogP contribution in [-0.4, -0.2) is 19.0 Å². The Balaban J connectivity index is 2.44. The SMILES string of the molecule is CC(C)C1CCC(P(C)(C)=O)CC1. The first kappa shape index (κ1) is 11.3. The van der Waals surface area contributed by atoms with Crippen molar-refractivity contribution in [2.75, 3.05) is 13.3 Å². The predicted octanol–water partition coefficient (Wildman–Crippen LogP) is 3.82. The Morgan fingerprint density at radius 2 is 1.54 bits per heavy atom. The minimum atomic E-state index is -1.80. The molecule has 0 saturated heterocycles. The molecule has 1 saturated carbocycles. The molecule has 0 radical (unpaired) electrons. The molecule has 0 aromatic heterocycles. The second-order valence-electron chi connectivity index (χ2n) is 5.25. The second-order valence-corrected chi connectivity index (χ2v) is 8.85. The molecule has 0 aromatic rings. The molecule has 0 unspecified atom stereocenters.